The van der Waals surface area contributed by atoms with Crippen LogP contribution in [-0.2, 0) is 0 Å². The van der Waals surface area contributed by atoms with Crippen molar-refractivity contribution in [3.8, 4) is 5.88 Å². The van der Waals surface area contributed by atoms with E-state index in [9.17, 15) is 4.79 Å². The number of rotatable bonds is 4. The van der Waals surface area contributed by atoms with E-state index in [-0.39, 0.29) is 16.7 Å². The molecule has 0 aliphatic rings. The number of furan rings is 1. The van der Waals surface area contributed by atoms with Gasteiger partial charge in [0.2, 0.25) is 11.1 Å². The monoisotopic (exact) mass is 296 g/mol. The first-order valence-corrected chi connectivity index (χ1v) is 6.03. The zero-order valence-corrected chi connectivity index (χ0v) is 11.9. The highest BCUT2D eigenvalue weighted by atomic mass is 35.5. The maximum absolute atomic E-state index is 12.2. The van der Waals surface area contributed by atoms with Crippen LogP contribution < -0.4 is 15.0 Å². The minimum absolute atomic E-state index is 0.0183. The summed E-state index contributed by atoms with van der Waals surface area (Å²) in [7, 11) is 5.05. The normalized spacial score (nSPS) is 10.2. The molecule has 106 valence electrons. The van der Waals surface area contributed by atoms with Crippen LogP contribution in [0.4, 0.5) is 11.5 Å². The Bertz CT molecular complexity index is 627. The number of anilines is 2. The van der Waals surface area contributed by atoms with Gasteiger partial charge in [-0.05, 0) is 17.7 Å². The molecule has 0 spiro atoms. The topological polar surface area (TPSA) is 80.5 Å². The second kappa shape index (κ2) is 5.79. The van der Waals surface area contributed by atoms with Crippen LogP contribution in [0.25, 0.3) is 0 Å². The molecule has 2 heterocycles. The smallest absolute Gasteiger partial charge is 0.260 e. The SMILES string of the molecule is COc1ncnc(N(C)C)c1NC(=O)c1ccoc1Cl. The summed E-state index contributed by atoms with van der Waals surface area (Å²) >= 11 is 5.78. The zero-order valence-electron chi connectivity index (χ0n) is 11.2. The predicted octanol–water partition coefficient (Wildman–Crippen LogP) is 2.05. The second-order valence-electron chi connectivity index (χ2n) is 4.04. The van der Waals surface area contributed by atoms with Crippen molar-refractivity contribution in [2.75, 3.05) is 31.4 Å². The summed E-state index contributed by atoms with van der Waals surface area (Å²) in [5.74, 6) is 0.349. The quantitative estimate of drug-likeness (QED) is 0.930. The molecular formula is C12H13ClN4O3. The van der Waals surface area contributed by atoms with Gasteiger partial charge in [-0.3, -0.25) is 4.79 Å². The molecule has 7 nitrogen and oxygen atoms in total. The Morgan fingerprint density at radius 2 is 2.20 bits per heavy atom. The predicted molar refractivity (Wildman–Crippen MR) is 74.6 cm³/mol. The molecule has 0 fully saturated rings. The van der Waals surface area contributed by atoms with E-state index in [1.165, 1.54) is 25.8 Å². The number of methoxy groups -OCH3 is 1. The molecule has 0 aliphatic carbocycles. The highest BCUT2D eigenvalue weighted by molar-refractivity contribution is 6.32. The fourth-order valence-corrected chi connectivity index (χ4v) is 1.80. The van der Waals surface area contributed by atoms with Gasteiger partial charge in [0.05, 0.1) is 18.9 Å². The first-order valence-electron chi connectivity index (χ1n) is 5.65. The zero-order chi connectivity index (χ0) is 14.7. The number of amides is 1. The van der Waals surface area contributed by atoms with Crippen LogP contribution >= 0.6 is 11.6 Å². The molecule has 0 saturated heterocycles. The second-order valence-corrected chi connectivity index (χ2v) is 4.38. The molecule has 0 aromatic carbocycles. The molecule has 0 atom stereocenters. The molecule has 8 heteroatoms. The summed E-state index contributed by atoms with van der Waals surface area (Å²) in [4.78, 5) is 22.0. The molecule has 0 unspecified atom stereocenters. The van der Waals surface area contributed by atoms with E-state index in [2.05, 4.69) is 15.3 Å². The average molecular weight is 297 g/mol. The van der Waals surface area contributed by atoms with Gasteiger partial charge in [-0.15, -0.1) is 0 Å². The van der Waals surface area contributed by atoms with Crippen LogP contribution in [-0.4, -0.2) is 37.1 Å². The van der Waals surface area contributed by atoms with Crippen LogP contribution in [0.2, 0.25) is 5.22 Å². The van der Waals surface area contributed by atoms with Crippen LogP contribution in [0.1, 0.15) is 10.4 Å². The summed E-state index contributed by atoms with van der Waals surface area (Å²) in [5, 5.41) is 2.70. The van der Waals surface area contributed by atoms with Gasteiger partial charge in [0, 0.05) is 14.1 Å². The van der Waals surface area contributed by atoms with E-state index in [4.69, 9.17) is 20.8 Å². The first kappa shape index (κ1) is 14.1. The lowest BCUT2D eigenvalue weighted by atomic mass is 10.3. The van der Waals surface area contributed by atoms with Crippen molar-refractivity contribution >= 4 is 29.0 Å². The van der Waals surface area contributed by atoms with E-state index in [0.717, 1.165) is 0 Å². The van der Waals surface area contributed by atoms with Gasteiger partial charge in [0.1, 0.15) is 12.0 Å². The van der Waals surface area contributed by atoms with Crippen LogP contribution in [0.3, 0.4) is 0 Å². The summed E-state index contributed by atoms with van der Waals surface area (Å²) in [6.45, 7) is 0. The first-order chi connectivity index (χ1) is 9.54. The van der Waals surface area contributed by atoms with Crippen molar-refractivity contribution in [1.29, 1.82) is 0 Å². The number of halogens is 1. The number of hydrogen-bond donors (Lipinski definition) is 1. The van der Waals surface area contributed by atoms with E-state index < -0.39 is 5.91 Å². The van der Waals surface area contributed by atoms with Crippen molar-refractivity contribution in [1.82, 2.24) is 9.97 Å². The Kier molecular flexibility index (Phi) is 4.09. The van der Waals surface area contributed by atoms with E-state index in [1.54, 1.807) is 19.0 Å². The van der Waals surface area contributed by atoms with Gasteiger partial charge in [-0.25, -0.2) is 4.98 Å². The van der Waals surface area contributed by atoms with Gasteiger partial charge in [0.15, 0.2) is 5.82 Å². The Labute approximate surface area is 120 Å². The van der Waals surface area contributed by atoms with Gasteiger partial charge >= 0.3 is 0 Å². The van der Waals surface area contributed by atoms with Crippen molar-refractivity contribution in [2.45, 2.75) is 0 Å². The van der Waals surface area contributed by atoms with Crippen molar-refractivity contribution in [3.05, 3.63) is 29.4 Å². The minimum atomic E-state index is -0.431. The summed E-state index contributed by atoms with van der Waals surface area (Å²) in [5.41, 5.74) is 0.588. The minimum Gasteiger partial charge on any atom is -0.479 e. The molecule has 2 aromatic rings. The molecule has 2 rings (SSSR count). The number of carbonyl (C=O) groups is 1. The maximum Gasteiger partial charge on any atom is 0.260 e. The largest absolute Gasteiger partial charge is 0.479 e. The maximum atomic E-state index is 12.2. The van der Waals surface area contributed by atoms with Crippen LogP contribution in [0, 0.1) is 0 Å². The molecular weight excluding hydrogens is 284 g/mol. The lowest BCUT2D eigenvalue weighted by Gasteiger charge is -2.17. The van der Waals surface area contributed by atoms with Crippen molar-refractivity contribution < 1.29 is 13.9 Å². The molecule has 2 aromatic heterocycles. The van der Waals surface area contributed by atoms with Gasteiger partial charge in [-0.2, -0.15) is 4.98 Å². The van der Waals surface area contributed by atoms with Crippen molar-refractivity contribution in [3.63, 3.8) is 0 Å². The number of ether oxygens (including phenoxy) is 1. The van der Waals surface area contributed by atoms with Crippen LogP contribution in [0.15, 0.2) is 23.1 Å². The van der Waals surface area contributed by atoms with Crippen molar-refractivity contribution in [2.24, 2.45) is 0 Å². The lowest BCUT2D eigenvalue weighted by Crippen LogP contribution is -2.19. The highest BCUT2D eigenvalue weighted by Crippen LogP contribution is 2.31. The van der Waals surface area contributed by atoms with Gasteiger partial charge in [0.25, 0.3) is 5.91 Å². The fraction of sp³-hybridized carbons (Fsp3) is 0.250. The summed E-state index contributed by atoms with van der Waals surface area (Å²) in [6.07, 6.45) is 2.69. The highest BCUT2D eigenvalue weighted by Gasteiger charge is 2.20. The van der Waals surface area contributed by atoms with Crippen LogP contribution in [0.5, 0.6) is 5.88 Å². The molecule has 1 amide bonds. The van der Waals surface area contributed by atoms with Gasteiger partial charge < -0.3 is 19.4 Å². The molecule has 0 aliphatic heterocycles. The number of aromatic nitrogens is 2. The summed E-state index contributed by atoms with van der Waals surface area (Å²) in [6, 6.07) is 1.48. The van der Waals surface area contributed by atoms with E-state index in [0.29, 0.717) is 11.5 Å². The number of carbonyl (C=O) groups excluding carboxylic acids is 1. The lowest BCUT2D eigenvalue weighted by molar-refractivity contribution is 0.102. The fourth-order valence-electron chi connectivity index (χ4n) is 1.60. The Balaban J connectivity index is 2.37. The number of nitrogens with zero attached hydrogens (tertiary/aromatic N) is 3. The Morgan fingerprint density at radius 1 is 1.45 bits per heavy atom. The molecule has 20 heavy (non-hydrogen) atoms. The third kappa shape index (κ3) is 2.67. The standard InChI is InChI=1S/C12H13ClN4O3/c1-17(2)10-8(12(19-3)15-6-14-10)16-11(18)7-4-5-20-9(7)13/h4-6H,1-3H3,(H,16,18). The van der Waals surface area contributed by atoms with E-state index in [1.807, 2.05) is 0 Å². The number of nitrogens with one attached hydrogen (secondary N) is 1. The molecule has 1 N–H and O–H groups in total. The summed E-state index contributed by atoms with van der Waals surface area (Å²) < 4.78 is 10.0. The molecule has 0 bridgehead atoms. The average Bonchev–Trinajstić information content (AvgIpc) is 2.85. The molecule has 0 saturated carbocycles. The van der Waals surface area contributed by atoms with E-state index >= 15 is 0 Å². The van der Waals surface area contributed by atoms with Gasteiger partial charge in [-0.1, -0.05) is 0 Å². The number of hydrogen-bond acceptors (Lipinski definition) is 6. The molecule has 0 radical (unpaired) electrons. The Morgan fingerprint density at radius 3 is 2.75 bits per heavy atom. The Hall–Kier alpha value is -2.28. The third-order valence-corrected chi connectivity index (χ3v) is 2.80. The third-order valence-electron chi connectivity index (χ3n) is 2.51.